The summed E-state index contributed by atoms with van der Waals surface area (Å²) >= 11 is 0. The van der Waals surface area contributed by atoms with Crippen molar-refractivity contribution in [2.45, 2.75) is 52.1 Å². The van der Waals surface area contributed by atoms with Crippen LogP contribution >= 0.6 is 0 Å². The molecule has 0 unspecified atom stereocenters. The maximum atomic E-state index is 4.42. The quantitative estimate of drug-likeness (QED) is 0.828. The Morgan fingerprint density at radius 1 is 1.38 bits per heavy atom. The molecule has 0 spiro atoms. The van der Waals surface area contributed by atoms with Gasteiger partial charge in [0.25, 0.3) is 0 Å². The van der Waals surface area contributed by atoms with E-state index in [2.05, 4.69) is 28.0 Å². The van der Waals surface area contributed by atoms with Crippen LogP contribution in [-0.4, -0.2) is 16.1 Å². The molecule has 0 aromatic carbocycles. The van der Waals surface area contributed by atoms with E-state index in [1.807, 2.05) is 6.20 Å². The second kappa shape index (κ2) is 6.04. The summed E-state index contributed by atoms with van der Waals surface area (Å²) in [5.41, 5.74) is 0. The molecule has 1 N–H and O–H groups in total. The topological polar surface area (TPSA) is 29.9 Å². The fraction of sp³-hybridized carbons (Fsp3) is 0.769. The van der Waals surface area contributed by atoms with E-state index < -0.39 is 0 Å². The third kappa shape index (κ3) is 3.08. The first-order chi connectivity index (χ1) is 7.90. The van der Waals surface area contributed by atoms with Crippen molar-refractivity contribution in [3.8, 4) is 0 Å². The molecule has 0 radical (unpaired) electrons. The fourth-order valence-corrected chi connectivity index (χ4v) is 2.56. The average Bonchev–Trinajstić information content (AvgIpc) is 2.75. The molecule has 1 fully saturated rings. The minimum atomic E-state index is 0.878. The molecule has 3 nitrogen and oxygen atoms in total. The van der Waals surface area contributed by atoms with Gasteiger partial charge in [0, 0.05) is 18.9 Å². The predicted molar refractivity (Wildman–Crippen MR) is 66.2 cm³/mol. The van der Waals surface area contributed by atoms with E-state index in [9.17, 15) is 0 Å². The Morgan fingerprint density at radius 3 is 2.94 bits per heavy atom. The van der Waals surface area contributed by atoms with E-state index >= 15 is 0 Å². The molecular formula is C13H23N3. The van der Waals surface area contributed by atoms with Gasteiger partial charge < -0.3 is 9.88 Å². The second-order valence-electron chi connectivity index (χ2n) is 4.78. The van der Waals surface area contributed by atoms with Crippen molar-refractivity contribution in [1.82, 2.24) is 14.9 Å². The van der Waals surface area contributed by atoms with Gasteiger partial charge in [0.05, 0.1) is 6.54 Å². The molecule has 90 valence electrons. The minimum absolute atomic E-state index is 0.878. The summed E-state index contributed by atoms with van der Waals surface area (Å²) in [7, 11) is 0. The van der Waals surface area contributed by atoms with Crippen molar-refractivity contribution in [1.29, 1.82) is 0 Å². The molecule has 16 heavy (non-hydrogen) atoms. The van der Waals surface area contributed by atoms with Crippen LogP contribution in [0.15, 0.2) is 12.4 Å². The second-order valence-corrected chi connectivity index (χ2v) is 4.78. The lowest BCUT2D eigenvalue weighted by Gasteiger charge is -2.22. The molecular weight excluding hydrogens is 198 g/mol. The largest absolute Gasteiger partial charge is 0.334 e. The molecule has 0 amide bonds. The summed E-state index contributed by atoms with van der Waals surface area (Å²) in [6, 6.07) is 0. The number of rotatable bonds is 5. The van der Waals surface area contributed by atoms with Gasteiger partial charge >= 0.3 is 0 Å². The van der Waals surface area contributed by atoms with E-state index in [-0.39, 0.29) is 0 Å². The van der Waals surface area contributed by atoms with Crippen molar-refractivity contribution in [3.05, 3.63) is 18.2 Å². The van der Waals surface area contributed by atoms with Gasteiger partial charge in [-0.1, -0.05) is 26.2 Å². The first kappa shape index (κ1) is 11.6. The van der Waals surface area contributed by atoms with Crippen LogP contribution in [0.25, 0.3) is 0 Å². The lowest BCUT2D eigenvalue weighted by atomic mass is 9.89. The van der Waals surface area contributed by atoms with Gasteiger partial charge in [-0.3, -0.25) is 0 Å². The first-order valence-corrected chi connectivity index (χ1v) is 6.61. The van der Waals surface area contributed by atoms with Crippen LogP contribution in [0.4, 0.5) is 0 Å². The van der Waals surface area contributed by atoms with Gasteiger partial charge in [-0.05, 0) is 25.3 Å². The van der Waals surface area contributed by atoms with Crippen LogP contribution in [0, 0.1) is 5.92 Å². The molecule has 3 heteroatoms. The highest BCUT2D eigenvalue weighted by atomic mass is 15.1. The normalized spacial score (nSPS) is 17.8. The maximum Gasteiger partial charge on any atom is 0.122 e. The molecule has 0 bridgehead atoms. The number of hydrogen-bond acceptors (Lipinski definition) is 2. The SMILES string of the molecule is CCNCc1nccn1CC1CCCCC1. The zero-order valence-corrected chi connectivity index (χ0v) is 10.3. The smallest absolute Gasteiger partial charge is 0.122 e. The summed E-state index contributed by atoms with van der Waals surface area (Å²) in [6.45, 7) is 5.21. The van der Waals surface area contributed by atoms with Gasteiger partial charge in [0.1, 0.15) is 5.82 Å². The summed E-state index contributed by atoms with van der Waals surface area (Å²) in [6.07, 6.45) is 11.1. The minimum Gasteiger partial charge on any atom is -0.334 e. The zero-order valence-electron chi connectivity index (χ0n) is 10.3. The molecule has 1 saturated carbocycles. The molecule has 0 atom stereocenters. The summed E-state index contributed by atoms with van der Waals surface area (Å²) in [5.74, 6) is 2.07. The zero-order chi connectivity index (χ0) is 11.2. The van der Waals surface area contributed by atoms with Crippen LogP contribution in [0.5, 0.6) is 0 Å². The highest BCUT2D eigenvalue weighted by molar-refractivity contribution is 4.92. The summed E-state index contributed by atoms with van der Waals surface area (Å²) in [5, 5.41) is 3.34. The monoisotopic (exact) mass is 221 g/mol. The summed E-state index contributed by atoms with van der Waals surface area (Å²) < 4.78 is 2.33. The lowest BCUT2D eigenvalue weighted by molar-refractivity contribution is 0.315. The van der Waals surface area contributed by atoms with Crippen LogP contribution in [-0.2, 0) is 13.1 Å². The van der Waals surface area contributed by atoms with Crippen molar-refractivity contribution in [3.63, 3.8) is 0 Å². The van der Waals surface area contributed by atoms with E-state index in [1.54, 1.807) is 0 Å². The molecule has 1 aromatic heterocycles. The van der Waals surface area contributed by atoms with Crippen LogP contribution in [0.3, 0.4) is 0 Å². The third-order valence-electron chi connectivity index (χ3n) is 3.51. The highest BCUT2D eigenvalue weighted by Gasteiger charge is 2.14. The molecule has 1 aliphatic carbocycles. The average molecular weight is 221 g/mol. The van der Waals surface area contributed by atoms with Gasteiger partial charge in [-0.15, -0.1) is 0 Å². The Kier molecular flexibility index (Phi) is 4.40. The van der Waals surface area contributed by atoms with Gasteiger partial charge in [0.2, 0.25) is 0 Å². The fourth-order valence-electron chi connectivity index (χ4n) is 2.56. The first-order valence-electron chi connectivity index (χ1n) is 6.61. The Morgan fingerprint density at radius 2 is 2.19 bits per heavy atom. The molecule has 1 heterocycles. The van der Waals surface area contributed by atoms with Gasteiger partial charge in [0.15, 0.2) is 0 Å². The van der Waals surface area contributed by atoms with E-state index in [0.29, 0.717) is 0 Å². The summed E-state index contributed by atoms with van der Waals surface area (Å²) in [4.78, 5) is 4.42. The molecule has 2 rings (SSSR count). The van der Waals surface area contributed by atoms with Crippen LogP contribution in [0.2, 0.25) is 0 Å². The number of hydrogen-bond donors (Lipinski definition) is 1. The standard InChI is InChI=1S/C13H23N3/c1-2-14-10-13-15-8-9-16(13)11-12-6-4-3-5-7-12/h8-9,12,14H,2-7,10-11H2,1H3. The Balaban J connectivity index is 1.89. The molecule has 0 aliphatic heterocycles. The van der Waals surface area contributed by atoms with Gasteiger partial charge in [-0.25, -0.2) is 4.98 Å². The van der Waals surface area contributed by atoms with Crippen LogP contribution in [0.1, 0.15) is 44.9 Å². The predicted octanol–water partition coefficient (Wildman–Crippen LogP) is 2.57. The Labute approximate surface area is 98.3 Å². The van der Waals surface area contributed by atoms with Crippen molar-refractivity contribution in [2.24, 2.45) is 5.92 Å². The highest BCUT2D eigenvalue weighted by Crippen LogP contribution is 2.25. The number of nitrogens with one attached hydrogen (secondary N) is 1. The molecule has 1 aliphatic rings. The molecule has 0 saturated heterocycles. The Hall–Kier alpha value is -0.830. The Bertz CT molecular complexity index is 300. The van der Waals surface area contributed by atoms with Crippen LogP contribution < -0.4 is 5.32 Å². The number of imidazole rings is 1. The number of nitrogens with zero attached hydrogens (tertiary/aromatic N) is 2. The van der Waals surface area contributed by atoms with Crippen molar-refractivity contribution < 1.29 is 0 Å². The van der Waals surface area contributed by atoms with E-state index in [4.69, 9.17) is 0 Å². The molecule has 1 aromatic rings. The third-order valence-corrected chi connectivity index (χ3v) is 3.51. The lowest BCUT2D eigenvalue weighted by Crippen LogP contribution is -2.19. The van der Waals surface area contributed by atoms with Crippen molar-refractivity contribution in [2.75, 3.05) is 6.54 Å². The van der Waals surface area contributed by atoms with E-state index in [1.165, 1.54) is 44.5 Å². The van der Waals surface area contributed by atoms with Gasteiger partial charge in [-0.2, -0.15) is 0 Å². The maximum absolute atomic E-state index is 4.42. The number of aromatic nitrogens is 2. The van der Waals surface area contributed by atoms with Crippen molar-refractivity contribution >= 4 is 0 Å². The van der Waals surface area contributed by atoms with E-state index in [0.717, 1.165) is 19.0 Å².